The highest BCUT2D eigenvalue weighted by molar-refractivity contribution is 5.99. The Kier molecular flexibility index (Phi) is 6.38. The van der Waals surface area contributed by atoms with E-state index in [0.717, 1.165) is 11.1 Å². The Morgan fingerprint density at radius 3 is 1.43 bits per heavy atom. The van der Waals surface area contributed by atoms with Gasteiger partial charge in [0.1, 0.15) is 0 Å². The SMILES string of the molecule is C/C=C(C)/C=C/C(=O)/C=C/C(C)=C/C. The Morgan fingerprint density at radius 1 is 0.786 bits per heavy atom. The van der Waals surface area contributed by atoms with Crippen LogP contribution >= 0.6 is 0 Å². The van der Waals surface area contributed by atoms with E-state index in [1.54, 1.807) is 12.2 Å². The monoisotopic (exact) mass is 190 g/mol. The van der Waals surface area contributed by atoms with Crippen LogP contribution in [0.3, 0.4) is 0 Å². The number of hydrogen-bond acceptors (Lipinski definition) is 1. The summed E-state index contributed by atoms with van der Waals surface area (Å²) in [6.45, 7) is 7.82. The maximum atomic E-state index is 11.3. The molecule has 0 aliphatic rings. The fourth-order valence-corrected chi connectivity index (χ4v) is 0.675. The van der Waals surface area contributed by atoms with Gasteiger partial charge in [0.15, 0.2) is 5.78 Å². The molecule has 0 saturated heterocycles. The maximum Gasteiger partial charge on any atom is 0.178 e. The summed E-state index contributed by atoms with van der Waals surface area (Å²) < 4.78 is 0. The first-order chi connectivity index (χ1) is 6.60. The van der Waals surface area contributed by atoms with Gasteiger partial charge in [0.25, 0.3) is 0 Å². The first kappa shape index (κ1) is 12.6. The Hall–Kier alpha value is -1.37. The quantitative estimate of drug-likeness (QED) is 0.489. The van der Waals surface area contributed by atoms with Crippen LogP contribution in [0.1, 0.15) is 27.7 Å². The molecule has 0 bridgehead atoms. The van der Waals surface area contributed by atoms with Gasteiger partial charge in [-0.25, -0.2) is 0 Å². The molecule has 14 heavy (non-hydrogen) atoms. The first-order valence-electron chi connectivity index (χ1n) is 4.76. The maximum absolute atomic E-state index is 11.3. The second-order valence-electron chi connectivity index (χ2n) is 3.13. The van der Waals surface area contributed by atoms with E-state index in [1.165, 1.54) is 0 Å². The number of allylic oxidation sites excluding steroid dienone is 8. The average molecular weight is 190 g/mol. The highest BCUT2D eigenvalue weighted by atomic mass is 16.1. The van der Waals surface area contributed by atoms with Crippen LogP contribution in [0.5, 0.6) is 0 Å². The highest BCUT2D eigenvalue weighted by Crippen LogP contribution is 1.97. The Labute approximate surface area is 86.5 Å². The summed E-state index contributed by atoms with van der Waals surface area (Å²) in [5.41, 5.74) is 2.18. The molecule has 1 heteroatoms. The van der Waals surface area contributed by atoms with Gasteiger partial charge < -0.3 is 0 Å². The highest BCUT2D eigenvalue weighted by Gasteiger charge is 1.88. The summed E-state index contributed by atoms with van der Waals surface area (Å²) in [5.74, 6) is 0.0207. The normalized spacial score (nSPS) is 14.3. The number of hydrogen-bond donors (Lipinski definition) is 0. The molecule has 0 N–H and O–H groups in total. The van der Waals surface area contributed by atoms with Gasteiger partial charge in [-0.05, 0) is 39.8 Å². The molecular weight excluding hydrogens is 172 g/mol. The molecule has 76 valence electrons. The van der Waals surface area contributed by atoms with Crippen molar-refractivity contribution in [1.82, 2.24) is 0 Å². The zero-order valence-electron chi connectivity index (χ0n) is 9.37. The topological polar surface area (TPSA) is 17.1 Å². The van der Waals surface area contributed by atoms with Gasteiger partial charge >= 0.3 is 0 Å². The van der Waals surface area contributed by atoms with Crippen molar-refractivity contribution < 1.29 is 4.79 Å². The van der Waals surface area contributed by atoms with Crippen LogP contribution in [0.25, 0.3) is 0 Å². The van der Waals surface area contributed by atoms with E-state index < -0.39 is 0 Å². The van der Waals surface area contributed by atoms with Crippen LogP contribution < -0.4 is 0 Å². The van der Waals surface area contributed by atoms with E-state index in [4.69, 9.17) is 0 Å². The lowest BCUT2D eigenvalue weighted by Crippen LogP contribution is -1.85. The van der Waals surface area contributed by atoms with Gasteiger partial charge in [0.2, 0.25) is 0 Å². The van der Waals surface area contributed by atoms with Crippen molar-refractivity contribution in [1.29, 1.82) is 0 Å². The minimum absolute atomic E-state index is 0.0207. The summed E-state index contributed by atoms with van der Waals surface area (Å²) in [4.78, 5) is 11.3. The first-order valence-corrected chi connectivity index (χ1v) is 4.76. The molecule has 0 aliphatic carbocycles. The number of rotatable bonds is 4. The van der Waals surface area contributed by atoms with Crippen molar-refractivity contribution in [3.63, 3.8) is 0 Å². The van der Waals surface area contributed by atoms with Crippen LogP contribution in [0.2, 0.25) is 0 Å². The molecule has 0 aromatic rings. The molecule has 0 spiro atoms. The third-order valence-electron chi connectivity index (χ3n) is 1.93. The molecule has 0 atom stereocenters. The molecule has 0 heterocycles. The molecule has 0 radical (unpaired) electrons. The van der Waals surface area contributed by atoms with Crippen molar-refractivity contribution in [2.75, 3.05) is 0 Å². The smallest absolute Gasteiger partial charge is 0.178 e. The van der Waals surface area contributed by atoms with E-state index in [2.05, 4.69) is 0 Å². The van der Waals surface area contributed by atoms with E-state index >= 15 is 0 Å². The second kappa shape index (κ2) is 7.07. The largest absolute Gasteiger partial charge is 0.290 e. The van der Waals surface area contributed by atoms with Crippen LogP contribution in [0.4, 0.5) is 0 Å². The zero-order valence-corrected chi connectivity index (χ0v) is 9.37. The molecule has 0 fully saturated rings. The van der Waals surface area contributed by atoms with E-state index in [-0.39, 0.29) is 5.78 Å². The summed E-state index contributed by atoms with van der Waals surface area (Å²) in [5, 5.41) is 0. The fraction of sp³-hybridized carbons (Fsp3) is 0.308. The van der Waals surface area contributed by atoms with Crippen molar-refractivity contribution >= 4 is 5.78 Å². The summed E-state index contributed by atoms with van der Waals surface area (Å²) >= 11 is 0. The predicted molar refractivity (Wildman–Crippen MR) is 62.1 cm³/mol. The van der Waals surface area contributed by atoms with Crippen LogP contribution in [-0.2, 0) is 4.79 Å². The third kappa shape index (κ3) is 6.18. The molecule has 0 aromatic heterocycles. The third-order valence-corrected chi connectivity index (χ3v) is 1.93. The summed E-state index contributed by atoms with van der Waals surface area (Å²) in [6, 6.07) is 0. The molecule has 0 unspecified atom stereocenters. The van der Waals surface area contributed by atoms with Gasteiger partial charge in [0, 0.05) is 0 Å². The van der Waals surface area contributed by atoms with Gasteiger partial charge in [-0.1, -0.05) is 35.5 Å². The lowest BCUT2D eigenvalue weighted by Gasteiger charge is -1.88. The van der Waals surface area contributed by atoms with Gasteiger partial charge in [-0.15, -0.1) is 0 Å². The average Bonchev–Trinajstić information content (AvgIpc) is 2.22. The Morgan fingerprint density at radius 2 is 1.14 bits per heavy atom. The van der Waals surface area contributed by atoms with Gasteiger partial charge in [-0.2, -0.15) is 0 Å². The predicted octanol–water partition coefficient (Wildman–Crippen LogP) is 3.60. The van der Waals surface area contributed by atoms with Gasteiger partial charge in [-0.3, -0.25) is 4.79 Å². The molecule has 0 aliphatic heterocycles. The minimum atomic E-state index is 0.0207. The number of ketones is 1. The standard InChI is InChI=1S/C13H18O/c1-5-11(3)7-9-13(14)10-8-12(4)6-2/h5-10H,1-4H3/b9-7+,10-8+,11-5+,12-6+. The van der Waals surface area contributed by atoms with Crippen molar-refractivity contribution in [2.24, 2.45) is 0 Å². The Balaban J connectivity index is 4.25. The molecular formula is C13H18O. The molecule has 0 rings (SSSR count). The van der Waals surface area contributed by atoms with E-state index in [9.17, 15) is 4.79 Å². The van der Waals surface area contributed by atoms with Crippen LogP contribution in [-0.4, -0.2) is 5.78 Å². The molecule has 0 aromatic carbocycles. The number of carbonyl (C=O) groups is 1. The van der Waals surface area contributed by atoms with Gasteiger partial charge in [0.05, 0.1) is 0 Å². The van der Waals surface area contributed by atoms with E-state index in [1.807, 2.05) is 52.0 Å². The molecule has 1 nitrogen and oxygen atoms in total. The van der Waals surface area contributed by atoms with Crippen molar-refractivity contribution in [3.8, 4) is 0 Å². The molecule has 0 saturated carbocycles. The molecule has 0 amide bonds. The lowest BCUT2D eigenvalue weighted by atomic mass is 10.2. The summed E-state index contributed by atoms with van der Waals surface area (Å²) in [6.07, 6.45) is 10.7. The van der Waals surface area contributed by atoms with Crippen LogP contribution in [0.15, 0.2) is 47.6 Å². The lowest BCUT2D eigenvalue weighted by molar-refractivity contribution is -0.110. The Bertz CT molecular complexity index is 271. The fourth-order valence-electron chi connectivity index (χ4n) is 0.675. The van der Waals surface area contributed by atoms with Crippen molar-refractivity contribution in [3.05, 3.63) is 47.6 Å². The van der Waals surface area contributed by atoms with Crippen molar-refractivity contribution in [2.45, 2.75) is 27.7 Å². The van der Waals surface area contributed by atoms with E-state index in [0.29, 0.717) is 0 Å². The zero-order chi connectivity index (χ0) is 11.0. The van der Waals surface area contributed by atoms with Crippen LogP contribution in [0, 0.1) is 0 Å². The minimum Gasteiger partial charge on any atom is -0.290 e. The second-order valence-corrected chi connectivity index (χ2v) is 3.13. The number of carbonyl (C=O) groups excluding carboxylic acids is 1. The summed E-state index contributed by atoms with van der Waals surface area (Å²) in [7, 11) is 0.